The molecule has 0 heterocycles. The van der Waals surface area contributed by atoms with Gasteiger partial charge < -0.3 is 39.9 Å². The van der Waals surface area contributed by atoms with Gasteiger partial charge in [-0.15, -0.1) is 0 Å². The molecule has 13 nitrogen and oxygen atoms in total. The van der Waals surface area contributed by atoms with Crippen molar-refractivity contribution in [2.75, 3.05) is 13.2 Å². The van der Waals surface area contributed by atoms with E-state index >= 15 is 0 Å². The fourth-order valence-electron chi connectivity index (χ4n) is 5.61. The van der Waals surface area contributed by atoms with Gasteiger partial charge in [0, 0.05) is 12.8 Å². The van der Waals surface area contributed by atoms with E-state index in [1.54, 1.807) is 0 Å². The molecule has 316 valence electrons. The monoisotopic (exact) mass is 800 g/mol. The van der Waals surface area contributed by atoms with Crippen molar-refractivity contribution < 1.29 is 63.1 Å². The summed E-state index contributed by atoms with van der Waals surface area (Å²) >= 11 is 0. The summed E-state index contributed by atoms with van der Waals surface area (Å²) in [6.45, 7) is 3.05. The first-order valence-electron chi connectivity index (χ1n) is 20.1. The van der Waals surface area contributed by atoms with Gasteiger partial charge in [-0.1, -0.05) is 120 Å². The summed E-state index contributed by atoms with van der Waals surface area (Å²) in [7, 11) is -5.11. The van der Waals surface area contributed by atoms with Crippen molar-refractivity contribution >= 4 is 19.8 Å². The third-order valence-electron chi connectivity index (χ3n) is 8.87. The number of hydrogen-bond acceptors (Lipinski definition) is 12. The second kappa shape index (κ2) is 31.6. The van der Waals surface area contributed by atoms with Crippen LogP contribution in [0.2, 0.25) is 0 Å². The molecule has 0 saturated heterocycles. The third-order valence-corrected chi connectivity index (χ3v) is 9.86. The lowest BCUT2D eigenvalue weighted by Gasteiger charge is -2.41. The molecule has 0 bridgehead atoms. The van der Waals surface area contributed by atoms with Gasteiger partial charge in [-0.2, -0.15) is 0 Å². The molecule has 0 aromatic heterocycles. The largest absolute Gasteiger partial charge is 0.472 e. The average Bonchev–Trinajstić information content (AvgIpc) is 3.16. The maximum absolute atomic E-state index is 12.7. The second-order valence-corrected chi connectivity index (χ2v) is 15.2. The van der Waals surface area contributed by atoms with Crippen LogP contribution >= 0.6 is 7.82 Å². The summed E-state index contributed by atoms with van der Waals surface area (Å²) in [5.41, 5.74) is 0. The van der Waals surface area contributed by atoms with E-state index in [1.807, 2.05) is 0 Å². The molecule has 6 unspecified atom stereocenters. The van der Waals surface area contributed by atoms with Crippen molar-refractivity contribution in [1.82, 2.24) is 0 Å². The Kier molecular flexibility index (Phi) is 29.1. The third kappa shape index (κ3) is 24.7. The molecule has 1 fully saturated rings. The molecule has 0 amide bonds. The van der Waals surface area contributed by atoms with Gasteiger partial charge in [0.25, 0.3) is 0 Å². The van der Waals surface area contributed by atoms with E-state index in [0.717, 1.165) is 89.9 Å². The Morgan fingerprint density at radius 1 is 0.582 bits per heavy atom. The molecule has 1 aliphatic rings. The lowest BCUT2D eigenvalue weighted by Crippen LogP contribution is -2.64. The number of aliphatic hydroxyl groups is 5. The summed E-state index contributed by atoms with van der Waals surface area (Å²) < 4.78 is 33.2. The maximum Gasteiger partial charge on any atom is 0.472 e. The highest BCUT2D eigenvalue weighted by Gasteiger charge is 2.51. The number of phosphoric ester groups is 1. The summed E-state index contributed by atoms with van der Waals surface area (Å²) in [4.78, 5) is 35.3. The molecule has 0 spiro atoms. The zero-order valence-corrected chi connectivity index (χ0v) is 33.8. The van der Waals surface area contributed by atoms with E-state index in [-0.39, 0.29) is 12.8 Å². The lowest BCUT2D eigenvalue weighted by atomic mass is 9.85. The molecular weight excluding hydrogens is 731 g/mol. The number of ether oxygens (including phenoxy) is 2. The van der Waals surface area contributed by atoms with Crippen LogP contribution in [0.5, 0.6) is 0 Å². The Balaban J connectivity index is 2.48. The Bertz CT molecular complexity index is 1200. The molecule has 0 aromatic carbocycles. The molecule has 1 saturated carbocycles. The van der Waals surface area contributed by atoms with E-state index < -0.39 is 75.7 Å². The van der Waals surface area contributed by atoms with Crippen LogP contribution in [0.4, 0.5) is 0 Å². The molecule has 0 radical (unpaired) electrons. The van der Waals surface area contributed by atoms with Gasteiger partial charge in [0.2, 0.25) is 0 Å². The van der Waals surface area contributed by atoms with Crippen molar-refractivity contribution in [1.29, 1.82) is 0 Å². The van der Waals surface area contributed by atoms with Gasteiger partial charge in [-0.3, -0.25) is 18.6 Å². The zero-order chi connectivity index (χ0) is 40.7. The first-order chi connectivity index (χ1) is 26.4. The minimum Gasteiger partial charge on any atom is -0.462 e. The smallest absolute Gasteiger partial charge is 0.462 e. The molecule has 8 atom stereocenters. The number of aliphatic hydroxyl groups excluding tert-OH is 5. The van der Waals surface area contributed by atoms with Crippen molar-refractivity contribution in [2.45, 2.75) is 172 Å². The van der Waals surface area contributed by atoms with Crippen LogP contribution in [0.1, 0.15) is 129 Å². The van der Waals surface area contributed by atoms with E-state index in [2.05, 4.69) is 74.6 Å². The molecule has 0 aliphatic heterocycles. The van der Waals surface area contributed by atoms with Crippen LogP contribution in [0.3, 0.4) is 0 Å². The number of esters is 2. The highest BCUT2D eigenvalue weighted by atomic mass is 31.2. The number of phosphoric acid groups is 1. The molecule has 55 heavy (non-hydrogen) atoms. The maximum atomic E-state index is 12.7. The Morgan fingerprint density at radius 3 is 1.58 bits per heavy atom. The number of carbonyl (C=O) groups excluding carboxylic acids is 2. The van der Waals surface area contributed by atoms with Gasteiger partial charge in [-0.05, 0) is 57.8 Å². The fourth-order valence-corrected chi connectivity index (χ4v) is 6.58. The number of rotatable bonds is 31. The van der Waals surface area contributed by atoms with Gasteiger partial charge in [0.05, 0.1) is 6.61 Å². The average molecular weight is 801 g/mol. The Hall–Kier alpha value is -2.45. The first kappa shape index (κ1) is 50.6. The standard InChI is InChI=1S/C41H69O13P/c1-3-5-7-9-11-12-13-14-15-16-17-18-19-20-21-22-24-25-27-29-34(42)51-31-33(53-35(43)30-28-26-23-10-8-6-4-2)32-52-55(49,50)54-41-39(47)37(45)36(44)38(46)40(41)48/h5,7,11-12,14-15,17-18,20-21,33,36-41,44-48H,3-4,6,8-10,13,16,19,22-32H2,1-2H3,(H,49,50)/b7-5+,12-11+,15-14+,18-17+,21-20+/t33-,36?,37-,38?,39?,40?,41?/m0/s1. The number of unbranched alkanes of at least 4 members (excludes halogenated alkanes) is 9. The van der Waals surface area contributed by atoms with Gasteiger partial charge in [-0.25, -0.2) is 4.57 Å². The van der Waals surface area contributed by atoms with E-state index in [0.29, 0.717) is 12.8 Å². The van der Waals surface area contributed by atoms with Crippen molar-refractivity contribution in [3.8, 4) is 0 Å². The van der Waals surface area contributed by atoms with Crippen LogP contribution in [0.25, 0.3) is 0 Å². The Morgan fingerprint density at radius 2 is 1.04 bits per heavy atom. The summed E-state index contributed by atoms with van der Waals surface area (Å²) in [6, 6.07) is 0. The number of carbonyl (C=O) groups is 2. The summed E-state index contributed by atoms with van der Waals surface area (Å²) in [5.74, 6) is -1.15. The highest BCUT2D eigenvalue weighted by molar-refractivity contribution is 7.47. The second-order valence-electron chi connectivity index (χ2n) is 13.8. The molecule has 1 aliphatic carbocycles. The quantitative estimate of drug-likeness (QED) is 0.0189. The lowest BCUT2D eigenvalue weighted by molar-refractivity contribution is -0.220. The summed E-state index contributed by atoms with van der Waals surface area (Å²) in [5, 5.41) is 49.9. The van der Waals surface area contributed by atoms with E-state index in [1.165, 1.54) is 0 Å². The van der Waals surface area contributed by atoms with Gasteiger partial charge in [0.1, 0.15) is 43.2 Å². The van der Waals surface area contributed by atoms with Crippen molar-refractivity contribution in [3.05, 3.63) is 60.8 Å². The fraction of sp³-hybridized carbons (Fsp3) is 0.707. The minimum absolute atomic E-state index is 0.0853. The number of hydrogen-bond donors (Lipinski definition) is 6. The van der Waals surface area contributed by atoms with Crippen LogP contribution in [0.15, 0.2) is 60.8 Å². The first-order valence-corrected chi connectivity index (χ1v) is 21.6. The minimum atomic E-state index is -5.11. The number of allylic oxidation sites excluding steroid dienone is 10. The predicted octanol–water partition coefficient (Wildman–Crippen LogP) is 6.60. The van der Waals surface area contributed by atoms with E-state index in [9.17, 15) is 44.6 Å². The van der Waals surface area contributed by atoms with Crippen LogP contribution in [-0.4, -0.2) is 98.3 Å². The van der Waals surface area contributed by atoms with Crippen LogP contribution in [-0.2, 0) is 32.7 Å². The molecule has 14 heteroatoms. The zero-order valence-electron chi connectivity index (χ0n) is 32.9. The Labute approximate surface area is 328 Å². The predicted molar refractivity (Wildman–Crippen MR) is 212 cm³/mol. The topological polar surface area (TPSA) is 210 Å². The molecule has 6 N–H and O–H groups in total. The summed E-state index contributed by atoms with van der Waals surface area (Å²) in [6.07, 6.45) is 23.3. The molecule has 0 aromatic rings. The van der Waals surface area contributed by atoms with Crippen LogP contribution in [0, 0.1) is 0 Å². The highest BCUT2D eigenvalue weighted by Crippen LogP contribution is 2.47. The normalized spacial score (nSPS) is 23.7. The van der Waals surface area contributed by atoms with E-state index in [4.69, 9.17) is 18.5 Å². The van der Waals surface area contributed by atoms with Crippen molar-refractivity contribution in [3.63, 3.8) is 0 Å². The van der Waals surface area contributed by atoms with Crippen molar-refractivity contribution in [2.24, 2.45) is 0 Å². The van der Waals surface area contributed by atoms with Gasteiger partial charge >= 0.3 is 19.8 Å². The molecular formula is C41H69O13P. The van der Waals surface area contributed by atoms with Gasteiger partial charge in [0.15, 0.2) is 6.10 Å². The van der Waals surface area contributed by atoms with Crippen LogP contribution < -0.4 is 0 Å². The SMILES string of the molecule is CC/C=C/C/C=C/C/C=C/C/C=C/C/C=C/CCCCCC(=O)OC[C@@H](COP(=O)(O)OC1C(O)C(O)C(O)[C@H](O)C1O)OC(=O)CCCCCCCCC. The molecule has 1 rings (SSSR count).